The summed E-state index contributed by atoms with van der Waals surface area (Å²) in [5, 5.41) is 0.733. The molecule has 1 aromatic heterocycles. The molecule has 2 aliphatic rings. The van der Waals surface area contributed by atoms with Gasteiger partial charge in [-0.25, -0.2) is 9.97 Å². The lowest BCUT2D eigenvalue weighted by Gasteiger charge is -2.24. The number of hydrogen-bond acceptors (Lipinski definition) is 5. The van der Waals surface area contributed by atoms with Crippen LogP contribution in [0.1, 0.15) is 30.1 Å². The summed E-state index contributed by atoms with van der Waals surface area (Å²) in [4.78, 5) is 25.6. The third kappa shape index (κ3) is 4.06. The molecule has 142 valence electrons. The zero-order valence-electron chi connectivity index (χ0n) is 15.4. The van der Waals surface area contributed by atoms with Gasteiger partial charge in [0.2, 0.25) is 5.91 Å². The van der Waals surface area contributed by atoms with Gasteiger partial charge in [-0.05, 0) is 49.6 Å². The van der Waals surface area contributed by atoms with Crippen LogP contribution >= 0.6 is 11.6 Å². The number of rotatable bonds is 5. The predicted molar refractivity (Wildman–Crippen MR) is 105 cm³/mol. The van der Waals surface area contributed by atoms with E-state index in [1.807, 2.05) is 29.2 Å². The molecule has 27 heavy (non-hydrogen) atoms. The Morgan fingerprint density at radius 1 is 1.33 bits per heavy atom. The molecule has 0 radical (unpaired) electrons. The summed E-state index contributed by atoms with van der Waals surface area (Å²) in [5.74, 6) is 1.94. The standard InChI is InChI=1S/C20H24ClN5O/c1-25(12-19-23-8-6-18(22)24-19)15-7-9-26(11-15)20(27)17-10-16(17)13-2-4-14(21)5-3-13/h2-6,8,15-17H,7,9-12H2,1H3,(H2,22,23,24)/t15-,16-,17-/m1/s1. The maximum Gasteiger partial charge on any atom is 0.226 e. The van der Waals surface area contributed by atoms with Crippen LogP contribution in [0, 0.1) is 5.92 Å². The van der Waals surface area contributed by atoms with Crippen molar-refractivity contribution in [1.82, 2.24) is 19.8 Å². The number of likely N-dealkylation sites (N-methyl/N-ethyl adjacent to an activating group) is 1. The molecular formula is C20H24ClN5O. The molecule has 1 aliphatic carbocycles. The average molecular weight is 386 g/mol. The number of hydrogen-bond donors (Lipinski definition) is 1. The van der Waals surface area contributed by atoms with E-state index in [4.69, 9.17) is 17.3 Å². The number of halogens is 1. The highest BCUT2D eigenvalue weighted by Crippen LogP contribution is 2.49. The van der Waals surface area contributed by atoms with Crippen molar-refractivity contribution < 1.29 is 4.79 Å². The number of carbonyl (C=O) groups is 1. The maximum atomic E-state index is 12.9. The molecular weight excluding hydrogens is 362 g/mol. The number of carbonyl (C=O) groups excluding carboxylic acids is 1. The van der Waals surface area contributed by atoms with Crippen LogP contribution in [0.3, 0.4) is 0 Å². The first kappa shape index (κ1) is 18.2. The van der Waals surface area contributed by atoms with Gasteiger partial charge in [-0.3, -0.25) is 9.69 Å². The van der Waals surface area contributed by atoms with Crippen LogP contribution in [-0.2, 0) is 11.3 Å². The lowest BCUT2D eigenvalue weighted by Crippen LogP contribution is -2.37. The van der Waals surface area contributed by atoms with Gasteiger partial charge in [0.05, 0.1) is 6.54 Å². The average Bonchev–Trinajstić information content (AvgIpc) is 3.28. The Kier molecular flexibility index (Phi) is 5.02. The summed E-state index contributed by atoms with van der Waals surface area (Å²) in [6.45, 7) is 2.21. The molecule has 1 saturated heterocycles. The third-order valence-electron chi connectivity index (χ3n) is 5.62. The molecule has 1 saturated carbocycles. The number of benzene rings is 1. The smallest absolute Gasteiger partial charge is 0.226 e. The van der Waals surface area contributed by atoms with Gasteiger partial charge in [-0.1, -0.05) is 23.7 Å². The largest absolute Gasteiger partial charge is 0.384 e. The van der Waals surface area contributed by atoms with Crippen LogP contribution in [0.15, 0.2) is 36.5 Å². The highest BCUT2D eigenvalue weighted by molar-refractivity contribution is 6.30. The first-order valence-corrected chi connectivity index (χ1v) is 9.71. The van der Waals surface area contributed by atoms with Crippen LogP contribution in [0.5, 0.6) is 0 Å². The predicted octanol–water partition coefficient (Wildman–Crippen LogP) is 2.55. The fourth-order valence-electron chi connectivity index (χ4n) is 3.93. The molecule has 2 heterocycles. The van der Waals surface area contributed by atoms with Crippen molar-refractivity contribution in [3.63, 3.8) is 0 Å². The van der Waals surface area contributed by atoms with Crippen molar-refractivity contribution in [3.8, 4) is 0 Å². The molecule has 2 fully saturated rings. The number of nitrogen functional groups attached to an aromatic ring is 1. The monoisotopic (exact) mass is 385 g/mol. The SMILES string of the molecule is CN(Cc1nccc(N)n1)[C@@H]1CCN(C(=O)[C@@H]2C[C@@H]2c2ccc(Cl)cc2)C1. The minimum Gasteiger partial charge on any atom is -0.384 e. The second-order valence-corrected chi connectivity index (χ2v) is 7.98. The molecule has 7 heteroatoms. The van der Waals surface area contributed by atoms with Gasteiger partial charge in [0.25, 0.3) is 0 Å². The van der Waals surface area contributed by atoms with E-state index in [1.165, 1.54) is 5.56 Å². The van der Waals surface area contributed by atoms with Gasteiger partial charge in [-0.2, -0.15) is 0 Å². The Hall–Kier alpha value is -2.18. The Bertz CT molecular complexity index is 827. The van der Waals surface area contributed by atoms with E-state index in [2.05, 4.69) is 21.9 Å². The molecule has 1 aliphatic heterocycles. The van der Waals surface area contributed by atoms with Crippen molar-refractivity contribution in [1.29, 1.82) is 0 Å². The molecule has 2 aromatic rings. The summed E-state index contributed by atoms with van der Waals surface area (Å²) in [6.07, 6.45) is 3.59. The summed E-state index contributed by atoms with van der Waals surface area (Å²) in [6, 6.07) is 9.88. The maximum absolute atomic E-state index is 12.9. The van der Waals surface area contributed by atoms with E-state index in [0.717, 1.165) is 31.0 Å². The van der Waals surface area contributed by atoms with Gasteiger partial charge in [0.1, 0.15) is 11.6 Å². The summed E-state index contributed by atoms with van der Waals surface area (Å²) < 4.78 is 0. The molecule has 3 atom stereocenters. The molecule has 6 nitrogen and oxygen atoms in total. The molecule has 0 unspecified atom stereocenters. The Balaban J connectivity index is 1.31. The van der Waals surface area contributed by atoms with Crippen molar-refractivity contribution in [2.24, 2.45) is 5.92 Å². The molecule has 2 N–H and O–H groups in total. The van der Waals surface area contributed by atoms with Gasteiger partial charge in [-0.15, -0.1) is 0 Å². The van der Waals surface area contributed by atoms with Crippen molar-refractivity contribution in [2.75, 3.05) is 25.9 Å². The summed E-state index contributed by atoms with van der Waals surface area (Å²) >= 11 is 5.96. The van der Waals surface area contributed by atoms with Crippen molar-refractivity contribution >= 4 is 23.3 Å². The first-order valence-electron chi connectivity index (χ1n) is 9.33. The van der Waals surface area contributed by atoms with E-state index in [0.29, 0.717) is 30.1 Å². The Morgan fingerprint density at radius 2 is 2.11 bits per heavy atom. The molecule has 1 amide bonds. The van der Waals surface area contributed by atoms with E-state index < -0.39 is 0 Å². The number of amides is 1. The number of anilines is 1. The summed E-state index contributed by atoms with van der Waals surface area (Å²) in [7, 11) is 2.05. The van der Waals surface area contributed by atoms with Crippen molar-refractivity contribution in [2.45, 2.75) is 31.3 Å². The molecule has 4 rings (SSSR count). The van der Waals surface area contributed by atoms with Gasteiger partial charge in [0, 0.05) is 36.3 Å². The van der Waals surface area contributed by atoms with Crippen LogP contribution in [-0.4, -0.2) is 51.9 Å². The Morgan fingerprint density at radius 3 is 2.85 bits per heavy atom. The highest BCUT2D eigenvalue weighted by Gasteiger charge is 2.47. The number of nitrogens with zero attached hydrogens (tertiary/aromatic N) is 4. The minimum atomic E-state index is 0.118. The number of nitrogens with two attached hydrogens (primary N) is 1. The quantitative estimate of drug-likeness (QED) is 0.856. The first-order chi connectivity index (χ1) is 13.0. The van der Waals surface area contributed by atoms with Crippen LogP contribution in [0.25, 0.3) is 0 Å². The topological polar surface area (TPSA) is 75.4 Å². The fraction of sp³-hybridized carbons (Fsp3) is 0.450. The van der Waals surface area contributed by atoms with E-state index >= 15 is 0 Å². The zero-order valence-corrected chi connectivity index (χ0v) is 16.1. The third-order valence-corrected chi connectivity index (χ3v) is 5.87. The normalized spacial score (nSPS) is 24.4. The highest BCUT2D eigenvalue weighted by atomic mass is 35.5. The van der Waals surface area contributed by atoms with E-state index in [-0.39, 0.29) is 11.8 Å². The van der Waals surface area contributed by atoms with Gasteiger partial charge in [0.15, 0.2) is 0 Å². The van der Waals surface area contributed by atoms with E-state index in [1.54, 1.807) is 12.3 Å². The van der Waals surface area contributed by atoms with Crippen LogP contribution < -0.4 is 5.73 Å². The molecule has 0 bridgehead atoms. The lowest BCUT2D eigenvalue weighted by molar-refractivity contribution is -0.131. The van der Waals surface area contributed by atoms with E-state index in [9.17, 15) is 4.79 Å². The van der Waals surface area contributed by atoms with Crippen molar-refractivity contribution in [3.05, 3.63) is 52.9 Å². The number of aromatic nitrogens is 2. The Labute approximate surface area is 164 Å². The zero-order chi connectivity index (χ0) is 19.0. The second-order valence-electron chi connectivity index (χ2n) is 7.54. The van der Waals surface area contributed by atoms with Gasteiger partial charge < -0.3 is 10.6 Å². The number of likely N-dealkylation sites (tertiary alicyclic amines) is 1. The fourth-order valence-corrected chi connectivity index (χ4v) is 4.05. The minimum absolute atomic E-state index is 0.118. The summed E-state index contributed by atoms with van der Waals surface area (Å²) in [5.41, 5.74) is 6.94. The second kappa shape index (κ2) is 7.44. The van der Waals surface area contributed by atoms with Gasteiger partial charge >= 0.3 is 0 Å². The lowest BCUT2D eigenvalue weighted by atomic mass is 10.1. The van der Waals surface area contributed by atoms with Crippen LogP contribution in [0.4, 0.5) is 5.82 Å². The molecule has 1 aromatic carbocycles. The van der Waals surface area contributed by atoms with Crippen LogP contribution in [0.2, 0.25) is 5.02 Å². The molecule has 0 spiro atoms.